The second-order valence-electron chi connectivity index (χ2n) is 6.72. The van der Waals surface area contributed by atoms with Gasteiger partial charge in [-0.3, -0.25) is 9.69 Å². The van der Waals surface area contributed by atoms with Crippen LogP contribution < -0.4 is 5.32 Å². The molecule has 5 heteroatoms. The maximum Gasteiger partial charge on any atom is 0.234 e. The Morgan fingerprint density at radius 1 is 1.15 bits per heavy atom. The molecule has 2 aromatic rings. The Balaban J connectivity index is 1.66. The summed E-state index contributed by atoms with van der Waals surface area (Å²) in [4.78, 5) is 13.4. The summed E-state index contributed by atoms with van der Waals surface area (Å²) in [5.74, 6) is 0.00596. The third-order valence-electron chi connectivity index (χ3n) is 4.61. The second-order valence-corrected chi connectivity index (χ2v) is 6.72. The van der Waals surface area contributed by atoms with Crippen LogP contribution in [0.2, 0.25) is 0 Å². The standard InChI is InChI=1S/C21H26N2O3/c1-16-7-5-6-10-19(16)21(17-8-3-2-4-9-17)26-15-18(24)13-23-12-11-22-20(25)14-23/h2-10,18,21,24H,11-15H2,1H3,(H,22,25)/t18-,21-/m1/s1. The van der Waals surface area contributed by atoms with E-state index in [2.05, 4.69) is 24.4 Å². The summed E-state index contributed by atoms with van der Waals surface area (Å²) in [5, 5.41) is 13.2. The number of aryl methyl sites for hydroxylation is 1. The molecule has 1 saturated heterocycles. The number of β-amino-alcohol motifs (C(OH)–C–C–N with tert-alkyl or cyclic N) is 1. The molecule has 0 aromatic heterocycles. The van der Waals surface area contributed by atoms with E-state index in [1.165, 1.54) is 0 Å². The highest BCUT2D eigenvalue weighted by molar-refractivity contribution is 5.78. The number of ether oxygens (including phenoxy) is 1. The van der Waals surface area contributed by atoms with Gasteiger partial charge in [0.15, 0.2) is 0 Å². The van der Waals surface area contributed by atoms with E-state index >= 15 is 0 Å². The monoisotopic (exact) mass is 354 g/mol. The Bertz CT molecular complexity index is 720. The van der Waals surface area contributed by atoms with Crippen molar-refractivity contribution < 1.29 is 14.6 Å². The van der Waals surface area contributed by atoms with Crippen molar-refractivity contribution in [2.75, 3.05) is 32.8 Å². The molecule has 2 aromatic carbocycles. The molecule has 5 nitrogen and oxygen atoms in total. The normalized spacial score (nSPS) is 17.5. The minimum absolute atomic E-state index is 0.00596. The van der Waals surface area contributed by atoms with E-state index in [0.717, 1.165) is 23.2 Å². The molecule has 0 aliphatic carbocycles. The number of carbonyl (C=O) groups excluding carboxylic acids is 1. The molecule has 1 aliphatic heterocycles. The third kappa shape index (κ3) is 4.91. The van der Waals surface area contributed by atoms with Gasteiger partial charge in [0.05, 0.1) is 19.3 Å². The molecule has 138 valence electrons. The number of nitrogens with zero attached hydrogens (tertiary/aromatic N) is 1. The van der Waals surface area contributed by atoms with Crippen LogP contribution in [0.3, 0.4) is 0 Å². The zero-order valence-electron chi connectivity index (χ0n) is 15.1. The number of nitrogens with one attached hydrogen (secondary N) is 1. The van der Waals surface area contributed by atoms with Gasteiger partial charge in [-0.25, -0.2) is 0 Å². The lowest BCUT2D eigenvalue weighted by atomic mass is 9.97. The first-order valence-corrected chi connectivity index (χ1v) is 9.02. The van der Waals surface area contributed by atoms with Crippen LogP contribution >= 0.6 is 0 Å². The summed E-state index contributed by atoms with van der Waals surface area (Å²) < 4.78 is 6.15. The molecule has 0 radical (unpaired) electrons. The average molecular weight is 354 g/mol. The summed E-state index contributed by atoms with van der Waals surface area (Å²) in [6, 6.07) is 18.2. The van der Waals surface area contributed by atoms with Crippen LogP contribution in [-0.2, 0) is 9.53 Å². The molecule has 1 amide bonds. The van der Waals surface area contributed by atoms with E-state index in [4.69, 9.17) is 4.74 Å². The van der Waals surface area contributed by atoms with Gasteiger partial charge in [-0.15, -0.1) is 0 Å². The highest BCUT2D eigenvalue weighted by Crippen LogP contribution is 2.28. The van der Waals surface area contributed by atoms with Crippen LogP contribution in [0.25, 0.3) is 0 Å². The van der Waals surface area contributed by atoms with Gasteiger partial charge in [-0.05, 0) is 23.6 Å². The summed E-state index contributed by atoms with van der Waals surface area (Å²) in [7, 11) is 0. The highest BCUT2D eigenvalue weighted by Gasteiger charge is 2.22. The Morgan fingerprint density at radius 3 is 2.62 bits per heavy atom. The molecule has 2 atom stereocenters. The number of benzene rings is 2. The number of carbonyl (C=O) groups is 1. The molecule has 0 spiro atoms. The summed E-state index contributed by atoms with van der Waals surface area (Å²) in [6.45, 7) is 4.42. The van der Waals surface area contributed by atoms with Crippen molar-refractivity contribution >= 4 is 5.91 Å². The smallest absolute Gasteiger partial charge is 0.234 e. The molecule has 3 rings (SSSR count). The van der Waals surface area contributed by atoms with Crippen LogP contribution in [-0.4, -0.2) is 54.8 Å². The molecule has 26 heavy (non-hydrogen) atoms. The van der Waals surface area contributed by atoms with Crippen molar-refractivity contribution in [3.05, 3.63) is 71.3 Å². The van der Waals surface area contributed by atoms with Gasteiger partial charge in [-0.1, -0.05) is 54.6 Å². The first kappa shape index (κ1) is 18.6. The van der Waals surface area contributed by atoms with E-state index in [1.54, 1.807) is 0 Å². The Morgan fingerprint density at radius 2 is 1.88 bits per heavy atom. The number of rotatable bonds is 7. The Hall–Kier alpha value is -2.21. The number of piperazine rings is 1. The quantitative estimate of drug-likeness (QED) is 0.797. The second kappa shape index (κ2) is 8.94. The van der Waals surface area contributed by atoms with E-state index in [9.17, 15) is 9.90 Å². The zero-order chi connectivity index (χ0) is 18.4. The van der Waals surface area contributed by atoms with Gasteiger partial charge in [0, 0.05) is 19.6 Å². The number of hydrogen-bond donors (Lipinski definition) is 2. The molecule has 0 bridgehead atoms. The summed E-state index contributed by atoms with van der Waals surface area (Å²) >= 11 is 0. The third-order valence-corrected chi connectivity index (χ3v) is 4.61. The van der Waals surface area contributed by atoms with Crippen LogP contribution in [0.4, 0.5) is 0 Å². The number of aliphatic hydroxyl groups is 1. The van der Waals surface area contributed by atoms with Crippen LogP contribution in [0.15, 0.2) is 54.6 Å². The zero-order valence-corrected chi connectivity index (χ0v) is 15.1. The maximum atomic E-state index is 11.5. The minimum atomic E-state index is -0.642. The predicted molar refractivity (Wildman–Crippen MR) is 101 cm³/mol. The minimum Gasteiger partial charge on any atom is -0.389 e. The van der Waals surface area contributed by atoms with Crippen molar-refractivity contribution in [1.29, 1.82) is 0 Å². The summed E-state index contributed by atoms with van der Waals surface area (Å²) in [6.07, 6.45) is -0.868. The van der Waals surface area contributed by atoms with E-state index in [0.29, 0.717) is 19.6 Å². The van der Waals surface area contributed by atoms with Gasteiger partial charge in [-0.2, -0.15) is 0 Å². The van der Waals surface area contributed by atoms with Gasteiger partial charge >= 0.3 is 0 Å². The van der Waals surface area contributed by atoms with E-state index < -0.39 is 6.10 Å². The Labute approximate surface area is 154 Å². The number of hydrogen-bond acceptors (Lipinski definition) is 4. The fraction of sp³-hybridized carbons (Fsp3) is 0.381. The van der Waals surface area contributed by atoms with Crippen LogP contribution in [0, 0.1) is 6.92 Å². The maximum absolute atomic E-state index is 11.5. The average Bonchev–Trinajstić information content (AvgIpc) is 2.64. The predicted octanol–water partition coefficient (Wildman–Crippen LogP) is 1.89. The molecule has 1 heterocycles. The van der Waals surface area contributed by atoms with Crippen molar-refractivity contribution in [2.45, 2.75) is 19.1 Å². The molecular weight excluding hydrogens is 328 g/mol. The molecule has 2 N–H and O–H groups in total. The van der Waals surface area contributed by atoms with Crippen molar-refractivity contribution in [2.24, 2.45) is 0 Å². The molecule has 0 unspecified atom stereocenters. The molecule has 1 aliphatic rings. The lowest BCUT2D eigenvalue weighted by Crippen LogP contribution is -2.50. The first-order valence-electron chi connectivity index (χ1n) is 9.02. The largest absolute Gasteiger partial charge is 0.389 e. The fourth-order valence-electron chi connectivity index (χ4n) is 3.28. The summed E-state index contributed by atoms with van der Waals surface area (Å²) in [5.41, 5.74) is 3.32. The first-order chi connectivity index (χ1) is 12.6. The molecular formula is C21H26N2O3. The number of aliphatic hydroxyl groups excluding tert-OH is 1. The van der Waals surface area contributed by atoms with Crippen molar-refractivity contribution in [3.63, 3.8) is 0 Å². The molecule has 1 fully saturated rings. The van der Waals surface area contributed by atoms with Crippen LogP contribution in [0.5, 0.6) is 0 Å². The van der Waals surface area contributed by atoms with Gasteiger partial charge < -0.3 is 15.2 Å². The van der Waals surface area contributed by atoms with E-state index in [-0.39, 0.29) is 18.6 Å². The fourth-order valence-corrected chi connectivity index (χ4v) is 3.28. The highest BCUT2D eigenvalue weighted by atomic mass is 16.5. The van der Waals surface area contributed by atoms with Crippen molar-refractivity contribution in [1.82, 2.24) is 10.2 Å². The lowest BCUT2D eigenvalue weighted by molar-refractivity contribution is -0.124. The number of amides is 1. The molecule has 0 saturated carbocycles. The van der Waals surface area contributed by atoms with Gasteiger partial charge in [0.1, 0.15) is 6.10 Å². The lowest BCUT2D eigenvalue weighted by Gasteiger charge is -2.29. The Kier molecular flexibility index (Phi) is 6.39. The SMILES string of the molecule is Cc1ccccc1[C@H](OC[C@H](O)CN1CCNC(=O)C1)c1ccccc1. The van der Waals surface area contributed by atoms with Crippen molar-refractivity contribution in [3.8, 4) is 0 Å². The van der Waals surface area contributed by atoms with Gasteiger partial charge in [0.25, 0.3) is 0 Å². The van der Waals surface area contributed by atoms with Gasteiger partial charge in [0.2, 0.25) is 5.91 Å². The van der Waals surface area contributed by atoms with E-state index in [1.807, 2.05) is 47.4 Å². The topological polar surface area (TPSA) is 61.8 Å². The van der Waals surface area contributed by atoms with Crippen LogP contribution in [0.1, 0.15) is 22.8 Å².